The van der Waals surface area contributed by atoms with Gasteiger partial charge in [0, 0.05) is 10.7 Å². The number of carbonyl (C=O) groups is 2. The maximum absolute atomic E-state index is 13.1. The Hall–Kier alpha value is -1.64. The van der Waals surface area contributed by atoms with Gasteiger partial charge in [-0.2, -0.15) is 13.2 Å². The Morgan fingerprint density at radius 2 is 1.73 bits per heavy atom. The zero-order valence-electron chi connectivity index (χ0n) is 11.7. The number of alkyl halides is 3. The molecule has 5 nitrogen and oxygen atoms in total. The Balaban J connectivity index is 3.42. The molecule has 22 heavy (non-hydrogen) atoms. The minimum atomic E-state index is -4.79. The van der Waals surface area contributed by atoms with E-state index in [0.717, 1.165) is 12.3 Å². The number of hydrogen-bond donors (Lipinski definition) is 0. The number of halogens is 4. The fraction of sp³-hybridized carbons (Fsp3) is 0.462. The van der Waals surface area contributed by atoms with Crippen LogP contribution in [0.3, 0.4) is 0 Å². The van der Waals surface area contributed by atoms with Crippen LogP contribution >= 0.6 is 15.9 Å². The second-order valence-electron chi connectivity index (χ2n) is 4.02. The van der Waals surface area contributed by atoms with Gasteiger partial charge in [-0.25, -0.2) is 0 Å². The summed E-state index contributed by atoms with van der Waals surface area (Å²) >= 11 is 2.88. The van der Waals surface area contributed by atoms with Gasteiger partial charge in [-0.15, -0.1) is 0 Å². The van der Waals surface area contributed by atoms with Gasteiger partial charge in [-0.1, -0.05) is 0 Å². The zero-order valence-corrected chi connectivity index (χ0v) is 13.3. The summed E-state index contributed by atoms with van der Waals surface area (Å²) in [7, 11) is 0. The Labute approximate surface area is 132 Å². The standard InChI is InChI=1S/C13H13BrF3NO4/c1-3-21-11(19)9(12(20)22-4-2)10-8(13(15,16)17)5-7(14)6-18-10/h5-6,9H,3-4H2,1-2H3. The van der Waals surface area contributed by atoms with E-state index in [-0.39, 0.29) is 17.7 Å². The van der Waals surface area contributed by atoms with E-state index >= 15 is 0 Å². The third-order valence-electron chi connectivity index (χ3n) is 2.51. The normalized spacial score (nSPS) is 11.4. The lowest BCUT2D eigenvalue weighted by Crippen LogP contribution is -2.29. The van der Waals surface area contributed by atoms with Gasteiger partial charge in [0.1, 0.15) is 0 Å². The minimum Gasteiger partial charge on any atom is -0.465 e. The molecule has 0 aliphatic rings. The van der Waals surface area contributed by atoms with Gasteiger partial charge >= 0.3 is 18.1 Å². The smallest absolute Gasteiger partial charge is 0.418 e. The lowest BCUT2D eigenvalue weighted by Gasteiger charge is -2.18. The molecule has 0 aliphatic heterocycles. The highest BCUT2D eigenvalue weighted by atomic mass is 79.9. The molecule has 0 fully saturated rings. The summed E-state index contributed by atoms with van der Waals surface area (Å²) in [5, 5.41) is 0. The summed E-state index contributed by atoms with van der Waals surface area (Å²) in [5.74, 6) is -4.16. The van der Waals surface area contributed by atoms with Crippen molar-refractivity contribution in [3.05, 3.63) is 28.0 Å². The first kappa shape index (κ1) is 18.4. The van der Waals surface area contributed by atoms with E-state index in [9.17, 15) is 22.8 Å². The molecule has 0 saturated carbocycles. The predicted molar refractivity (Wildman–Crippen MR) is 72.9 cm³/mol. The van der Waals surface area contributed by atoms with E-state index in [4.69, 9.17) is 0 Å². The van der Waals surface area contributed by atoms with Crippen LogP contribution in [0.25, 0.3) is 0 Å². The molecule has 1 aromatic heterocycles. The predicted octanol–water partition coefficient (Wildman–Crippen LogP) is 3.07. The van der Waals surface area contributed by atoms with Crippen molar-refractivity contribution in [2.45, 2.75) is 25.9 Å². The molecule has 0 unspecified atom stereocenters. The van der Waals surface area contributed by atoms with Crippen molar-refractivity contribution < 1.29 is 32.2 Å². The number of carbonyl (C=O) groups excluding carboxylic acids is 2. The van der Waals surface area contributed by atoms with Gasteiger partial charge in [0.25, 0.3) is 0 Å². The molecule has 0 saturated heterocycles. The Kier molecular flexibility index (Phi) is 6.34. The molecule has 1 aromatic rings. The summed E-state index contributed by atoms with van der Waals surface area (Å²) in [6.07, 6.45) is -3.72. The topological polar surface area (TPSA) is 65.5 Å². The lowest BCUT2D eigenvalue weighted by molar-refractivity contribution is -0.157. The van der Waals surface area contributed by atoms with Gasteiger partial charge in [0.15, 0.2) is 5.92 Å². The molecule has 0 amide bonds. The zero-order chi connectivity index (χ0) is 16.9. The van der Waals surface area contributed by atoms with Crippen molar-refractivity contribution in [1.82, 2.24) is 4.98 Å². The quantitative estimate of drug-likeness (QED) is 0.577. The van der Waals surface area contributed by atoms with Gasteiger partial charge in [-0.05, 0) is 35.8 Å². The van der Waals surface area contributed by atoms with Crippen molar-refractivity contribution in [3.63, 3.8) is 0 Å². The minimum absolute atomic E-state index is 0.0649. The van der Waals surface area contributed by atoms with Crippen LogP contribution in [0.15, 0.2) is 16.7 Å². The van der Waals surface area contributed by atoms with Gasteiger partial charge in [0.05, 0.1) is 24.5 Å². The van der Waals surface area contributed by atoms with Crippen molar-refractivity contribution >= 4 is 27.9 Å². The van der Waals surface area contributed by atoms with E-state index in [1.807, 2.05) is 0 Å². The Morgan fingerprint density at radius 1 is 1.23 bits per heavy atom. The summed E-state index contributed by atoms with van der Waals surface area (Å²) in [6.45, 7) is 2.76. The summed E-state index contributed by atoms with van der Waals surface area (Å²) < 4.78 is 48.8. The molecule has 0 spiro atoms. The lowest BCUT2D eigenvalue weighted by atomic mass is 9.99. The average Bonchev–Trinajstić information content (AvgIpc) is 2.40. The van der Waals surface area contributed by atoms with Crippen LogP contribution in [0, 0.1) is 0 Å². The Bertz CT molecular complexity index is 545. The van der Waals surface area contributed by atoms with Gasteiger partial charge < -0.3 is 9.47 Å². The van der Waals surface area contributed by atoms with Crippen LogP contribution in [0.1, 0.15) is 31.0 Å². The van der Waals surface area contributed by atoms with Crippen LogP contribution < -0.4 is 0 Å². The van der Waals surface area contributed by atoms with Crippen LogP contribution in [0.2, 0.25) is 0 Å². The van der Waals surface area contributed by atoms with E-state index in [2.05, 4.69) is 30.4 Å². The number of nitrogens with zero attached hydrogens (tertiary/aromatic N) is 1. The van der Waals surface area contributed by atoms with E-state index in [1.165, 1.54) is 13.8 Å². The maximum Gasteiger partial charge on any atom is 0.418 e. The fourth-order valence-electron chi connectivity index (χ4n) is 1.68. The molecular weight excluding hydrogens is 371 g/mol. The van der Waals surface area contributed by atoms with Crippen LogP contribution in [0.4, 0.5) is 13.2 Å². The first-order chi connectivity index (χ1) is 10.2. The first-order valence-corrected chi connectivity index (χ1v) is 7.07. The number of esters is 2. The van der Waals surface area contributed by atoms with E-state index in [0.29, 0.717) is 0 Å². The summed E-state index contributed by atoms with van der Waals surface area (Å²) in [6, 6.07) is 0.744. The fourth-order valence-corrected chi connectivity index (χ4v) is 2.01. The van der Waals surface area contributed by atoms with Gasteiger partial charge in [0.2, 0.25) is 0 Å². The average molecular weight is 384 g/mol. The molecule has 0 aromatic carbocycles. The molecule has 0 aliphatic carbocycles. The third-order valence-corrected chi connectivity index (χ3v) is 2.94. The van der Waals surface area contributed by atoms with Crippen LogP contribution in [-0.4, -0.2) is 30.1 Å². The molecule has 1 heterocycles. The molecule has 0 N–H and O–H groups in total. The van der Waals surface area contributed by atoms with Crippen molar-refractivity contribution in [1.29, 1.82) is 0 Å². The largest absolute Gasteiger partial charge is 0.465 e. The van der Waals surface area contributed by atoms with Crippen molar-refractivity contribution in [2.24, 2.45) is 0 Å². The second-order valence-corrected chi connectivity index (χ2v) is 4.94. The maximum atomic E-state index is 13.1. The molecule has 0 radical (unpaired) electrons. The number of hydrogen-bond acceptors (Lipinski definition) is 5. The number of aromatic nitrogens is 1. The molecule has 9 heteroatoms. The van der Waals surface area contributed by atoms with E-state index in [1.54, 1.807) is 0 Å². The number of ether oxygens (including phenoxy) is 2. The van der Waals surface area contributed by atoms with Gasteiger partial charge in [-0.3, -0.25) is 14.6 Å². The monoisotopic (exact) mass is 383 g/mol. The second kappa shape index (κ2) is 7.57. The highest BCUT2D eigenvalue weighted by Crippen LogP contribution is 2.36. The van der Waals surface area contributed by atoms with Crippen LogP contribution in [-0.2, 0) is 25.2 Å². The highest BCUT2D eigenvalue weighted by molar-refractivity contribution is 9.10. The number of rotatable bonds is 5. The third kappa shape index (κ3) is 4.43. The van der Waals surface area contributed by atoms with Crippen LogP contribution in [0.5, 0.6) is 0 Å². The summed E-state index contributed by atoms with van der Waals surface area (Å²) in [5.41, 5.74) is -1.94. The Morgan fingerprint density at radius 3 is 2.14 bits per heavy atom. The molecule has 1 rings (SSSR count). The summed E-state index contributed by atoms with van der Waals surface area (Å²) in [4.78, 5) is 27.3. The highest BCUT2D eigenvalue weighted by Gasteiger charge is 2.42. The molecular formula is C13H13BrF3NO4. The van der Waals surface area contributed by atoms with E-state index < -0.39 is 35.3 Å². The molecule has 0 atom stereocenters. The van der Waals surface area contributed by atoms with Crippen molar-refractivity contribution in [3.8, 4) is 0 Å². The molecule has 0 bridgehead atoms. The SMILES string of the molecule is CCOC(=O)C(C(=O)OCC)c1ncc(Br)cc1C(F)(F)F. The first-order valence-electron chi connectivity index (χ1n) is 6.28. The number of pyridine rings is 1. The van der Waals surface area contributed by atoms with Crippen molar-refractivity contribution in [2.75, 3.05) is 13.2 Å². The molecule has 122 valence electrons.